The highest BCUT2D eigenvalue weighted by molar-refractivity contribution is 8.00. The molecule has 0 bridgehead atoms. The zero-order chi connectivity index (χ0) is 12.1. The van der Waals surface area contributed by atoms with Crippen molar-refractivity contribution >= 4 is 17.6 Å². The van der Waals surface area contributed by atoms with Crippen LogP contribution in [0.1, 0.15) is 6.92 Å². The monoisotopic (exact) mass is 243 g/mol. The van der Waals surface area contributed by atoms with E-state index in [0.29, 0.717) is 13.1 Å². The van der Waals surface area contributed by atoms with Crippen LogP contribution in [0.4, 0.5) is 13.2 Å². The molecule has 1 unspecified atom stereocenters. The minimum absolute atomic E-state index is 0.00459. The number of hydrogen-bond donors (Lipinski definition) is 2. The molecule has 0 radical (unpaired) electrons. The number of nitrogens with one attached hydrogen (secondary N) is 1. The Morgan fingerprint density at radius 3 is 2.47 bits per heavy atom. The molecule has 0 aliphatic heterocycles. The molecule has 0 aromatic carbocycles. The molecule has 3 N–H and O–H groups in total. The quantitative estimate of drug-likeness (QED) is 0.552. The van der Waals surface area contributed by atoms with Gasteiger partial charge in [-0.25, -0.2) is 0 Å². The maximum atomic E-state index is 11.8. The summed E-state index contributed by atoms with van der Waals surface area (Å²) in [6.07, 6.45) is 0. The van der Waals surface area contributed by atoms with Gasteiger partial charge in [-0.3, -0.25) is 5.41 Å². The van der Waals surface area contributed by atoms with E-state index in [-0.39, 0.29) is 29.3 Å². The zero-order valence-electron chi connectivity index (χ0n) is 8.77. The van der Waals surface area contributed by atoms with Gasteiger partial charge < -0.3 is 10.6 Å². The Morgan fingerprint density at radius 1 is 1.53 bits per heavy atom. The van der Waals surface area contributed by atoms with Crippen LogP contribution >= 0.6 is 11.8 Å². The highest BCUT2D eigenvalue weighted by Crippen LogP contribution is 2.29. The second-order valence-electron chi connectivity index (χ2n) is 3.41. The molecular formula is C8H16F3N3S. The van der Waals surface area contributed by atoms with E-state index in [0.717, 1.165) is 0 Å². The fourth-order valence-corrected chi connectivity index (χ4v) is 1.61. The first-order valence-electron chi connectivity index (χ1n) is 4.45. The molecule has 0 heterocycles. The molecule has 0 aromatic heterocycles. The summed E-state index contributed by atoms with van der Waals surface area (Å²) in [5.41, 5.74) is 1.09. The summed E-state index contributed by atoms with van der Waals surface area (Å²) in [5.74, 6) is -0.0545. The number of nitrogens with zero attached hydrogens (tertiary/aromatic N) is 1. The topological polar surface area (TPSA) is 53.1 Å². The van der Waals surface area contributed by atoms with Crippen LogP contribution in [0.5, 0.6) is 0 Å². The summed E-state index contributed by atoms with van der Waals surface area (Å²) in [6, 6.07) is 0. The number of amidine groups is 1. The van der Waals surface area contributed by atoms with E-state index in [4.69, 9.17) is 11.1 Å². The average Bonchev–Trinajstić information content (AvgIpc) is 2.01. The van der Waals surface area contributed by atoms with Gasteiger partial charge in [-0.2, -0.15) is 13.2 Å². The van der Waals surface area contributed by atoms with E-state index in [1.54, 1.807) is 18.9 Å². The average molecular weight is 243 g/mol. The molecule has 0 saturated heterocycles. The zero-order valence-corrected chi connectivity index (χ0v) is 9.58. The summed E-state index contributed by atoms with van der Waals surface area (Å²) in [6.45, 7) is 2.62. The summed E-state index contributed by atoms with van der Waals surface area (Å²) < 4.78 is 35.4. The van der Waals surface area contributed by atoms with Crippen molar-refractivity contribution in [3.8, 4) is 0 Å². The standard InChI is InChI=1S/C8H16F3N3S/c1-6(7(12)13)5-14(2)3-4-15-8(9,10)11/h6H,3-5H2,1-2H3,(H3,12,13). The number of nitrogens with two attached hydrogens (primary N) is 1. The van der Waals surface area contributed by atoms with Crippen molar-refractivity contribution in [2.45, 2.75) is 12.4 Å². The fraction of sp³-hybridized carbons (Fsp3) is 0.875. The number of hydrogen-bond acceptors (Lipinski definition) is 3. The SMILES string of the molecule is CC(CN(C)CCSC(F)(F)F)C(=N)N. The Morgan fingerprint density at radius 2 is 2.07 bits per heavy atom. The van der Waals surface area contributed by atoms with E-state index in [2.05, 4.69) is 0 Å². The van der Waals surface area contributed by atoms with Gasteiger partial charge in [0.1, 0.15) is 0 Å². The van der Waals surface area contributed by atoms with Crippen LogP contribution in [-0.2, 0) is 0 Å². The van der Waals surface area contributed by atoms with Crippen LogP contribution in [0, 0.1) is 11.3 Å². The van der Waals surface area contributed by atoms with Crippen LogP contribution in [0.2, 0.25) is 0 Å². The van der Waals surface area contributed by atoms with Gasteiger partial charge in [0.2, 0.25) is 0 Å². The van der Waals surface area contributed by atoms with Crippen LogP contribution in [0.15, 0.2) is 0 Å². The number of alkyl halides is 3. The number of thioether (sulfide) groups is 1. The lowest BCUT2D eigenvalue weighted by Gasteiger charge is -2.20. The van der Waals surface area contributed by atoms with Gasteiger partial charge in [0.05, 0.1) is 5.84 Å². The molecule has 0 amide bonds. The van der Waals surface area contributed by atoms with Crippen molar-refractivity contribution in [1.29, 1.82) is 5.41 Å². The molecular weight excluding hydrogens is 227 g/mol. The van der Waals surface area contributed by atoms with Gasteiger partial charge in [0.15, 0.2) is 0 Å². The third-order valence-electron chi connectivity index (χ3n) is 1.86. The van der Waals surface area contributed by atoms with Gasteiger partial charge in [0.25, 0.3) is 0 Å². The molecule has 15 heavy (non-hydrogen) atoms. The third kappa shape index (κ3) is 8.56. The molecule has 0 saturated carbocycles. The highest BCUT2D eigenvalue weighted by atomic mass is 32.2. The second-order valence-corrected chi connectivity index (χ2v) is 4.57. The maximum Gasteiger partial charge on any atom is 0.441 e. The first kappa shape index (κ1) is 14.6. The van der Waals surface area contributed by atoms with Gasteiger partial charge >= 0.3 is 5.51 Å². The lowest BCUT2D eigenvalue weighted by molar-refractivity contribution is -0.0328. The Labute approximate surface area is 91.7 Å². The van der Waals surface area contributed by atoms with Crippen molar-refractivity contribution in [1.82, 2.24) is 4.90 Å². The number of rotatable bonds is 6. The maximum absolute atomic E-state index is 11.8. The summed E-state index contributed by atoms with van der Waals surface area (Å²) in [4.78, 5) is 1.74. The number of halogens is 3. The Kier molecular flexibility index (Phi) is 6.04. The van der Waals surface area contributed by atoms with Crippen LogP contribution < -0.4 is 5.73 Å². The molecule has 0 aromatic rings. The lowest BCUT2D eigenvalue weighted by Crippen LogP contribution is -2.33. The summed E-state index contributed by atoms with van der Waals surface area (Å²) in [5, 5.41) is 7.14. The minimum atomic E-state index is -4.16. The lowest BCUT2D eigenvalue weighted by atomic mass is 10.1. The predicted molar refractivity (Wildman–Crippen MR) is 57.1 cm³/mol. The first-order valence-corrected chi connectivity index (χ1v) is 5.44. The van der Waals surface area contributed by atoms with E-state index >= 15 is 0 Å². The molecule has 0 aliphatic rings. The molecule has 0 aliphatic carbocycles. The molecule has 0 rings (SSSR count). The van der Waals surface area contributed by atoms with Crippen molar-refractivity contribution in [2.24, 2.45) is 11.7 Å². The van der Waals surface area contributed by atoms with Crippen molar-refractivity contribution in [2.75, 3.05) is 25.9 Å². The third-order valence-corrected chi connectivity index (χ3v) is 2.57. The van der Waals surface area contributed by atoms with Crippen LogP contribution in [0.25, 0.3) is 0 Å². The minimum Gasteiger partial charge on any atom is -0.387 e. The van der Waals surface area contributed by atoms with Gasteiger partial charge in [0, 0.05) is 24.8 Å². The second kappa shape index (κ2) is 6.22. The summed E-state index contributed by atoms with van der Waals surface area (Å²) >= 11 is -0.0292. The predicted octanol–water partition coefficient (Wildman–Crippen LogP) is 1.74. The summed E-state index contributed by atoms with van der Waals surface area (Å²) in [7, 11) is 1.72. The van der Waals surface area contributed by atoms with Crippen LogP contribution in [0.3, 0.4) is 0 Å². The highest BCUT2D eigenvalue weighted by Gasteiger charge is 2.27. The Balaban J connectivity index is 3.67. The Bertz CT molecular complexity index is 208. The first-order chi connectivity index (χ1) is 6.72. The molecule has 1 atom stereocenters. The largest absolute Gasteiger partial charge is 0.441 e. The van der Waals surface area contributed by atoms with Gasteiger partial charge in [-0.05, 0) is 18.8 Å². The van der Waals surface area contributed by atoms with Crippen molar-refractivity contribution in [3.05, 3.63) is 0 Å². The van der Waals surface area contributed by atoms with Gasteiger partial charge in [-0.15, -0.1) is 0 Å². The van der Waals surface area contributed by atoms with E-state index < -0.39 is 5.51 Å². The van der Waals surface area contributed by atoms with E-state index in [1.807, 2.05) is 0 Å². The smallest absolute Gasteiger partial charge is 0.387 e. The molecule has 90 valence electrons. The molecule has 7 heteroatoms. The van der Waals surface area contributed by atoms with Crippen molar-refractivity contribution < 1.29 is 13.2 Å². The molecule has 0 spiro atoms. The van der Waals surface area contributed by atoms with Gasteiger partial charge in [-0.1, -0.05) is 6.92 Å². The van der Waals surface area contributed by atoms with E-state index in [9.17, 15) is 13.2 Å². The van der Waals surface area contributed by atoms with Crippen molar-refractivity contribution in [3.63, 3.8) is 0 Å². The molecule has 3 nitrogen and oxygen atoms in total. The Hall–Kier alpha value is -0.430. The normalized spacial score (nSPS) is 14.3. The van der Waals surface area contributed by atoms with Crippen LogP contribution in [-0.4, -0.2) is 42.1 Å². The fourth-order valence-electron chi connectivity index (χ4n) is 0.974. The van der Waals surface area contributed by atoms with E-state index in [1.165, 1.54) is 0 Å². The molecule has 0 fully saturated rings.